The molecule has 0 aliphatic rings. The van der Waals surface area contributed by atoms with E-state index in [0.29, 0.717) is 23.2 Å². The van der Waals surface area contributed by atoms with Crippen LogP contribution in [0.25, 0.3) is 0 Å². The van der Waals surface area contributed by atoms with Gasteiger partial charge in [0.2, 0.25) is 0 Å². The predicted molar refractivity (Wildman–Crippen MR) is 123 cm³/mol. The first-order valence-corrected chi connectivity index (χ1v) is 9.94. The Bertz CT molecular complexity index is 946. The average Bonchev–Trinajstić information content (AvgIpc) is 2.75. The zero-order valence-corrected chi connectivity index (χ0v) is 18.0. The first-order valence-electron chi connectivity index (χ1n) is 9.15. The van der Waals surface area contributed by atoms with Gasteiger partial charge in [-0.1, -0.05) is 41.9 Å². The number of hydrogen-bond acceptors (Lipinski definition) is 3. The molecule has 150 valence electrons. The number of hydrogen-bond donors (Lipinski definition) is 1. The Kier molecular flexibility index (Phi) is 7.33. The molecule has 0 bridgehead atoms. The normalized spacial score (nSPS) is 10.3. The summed E-state index contributed by atoms with van der Waals surface area (Å²) in [5, 5.41) is 4.61. The summed E-state index contributed by atoms with van der Waals surface area (Å²) in [4.78, 5) is 2.10. The van der Waals surface area contributed by atoms with Crippen LogP contribution in [0, 0.1) is 0 Å². The summed E-state index contributed by atoms with van der Waals surface area (Å²) in [7, 11) is 3.34. The first kappa shape index (κ1) is 21.0. The van der Waals surface area contributed by atoms with Gasteiger partial charge in [0.15, 0.2) is 5.11 Å². The molecule has 0 aliphatic heterocycles. The topological polar surface area (TPSA) is 33.7 Å². The summed E-state index contributed by atoms with van der Waals surface area (Å²) in [6.07, 6.45) is 0. The highest BCUT2D eigenvalue weighted by Crippen LogP contribution is 2.22. The minimum Gasteiger partial charge on any atom is -0.497 e. The molecule has 0 spiro atoms. The van der Waals surface area contributed by atoms with Gasteiger partial charge >= 0.3 is 0 Å². The quantitative estimate of drug-likeness (QED) is 0.486. The minimum atomic E-state index is 0.607. The van der Waals surface area contributed by atoms with Gasteiger partial charge in [0, 0.05) is 29.4 Å². The summed E-state index contributed by atoms with van der Waals surface area (Å²) in [5.41, 5.74) is 3.07. The van der Waals surface area contributed by atoms with Crippen LogP contribution < -0.4 is 14.8 Å². The highest BCUT2D eigenvalue weighted by Gasteiger charge is 2.14. The molecule has 0 aliphatic carbocycles. The van der Waals surface area contributed by atoms with Gasteiger partial charge in [0.25, 0.3) is 0 Å². The van der Waals surface area contributed by atoms with Gasteiger partial charge in [-0.25, -0.2) is 0 Å². The Morgan fingerprint density at radius 1 is 0.897 bits per heavy atom. The molecule has 0 fully saturated rings. The number of rotatable bonds is 7. The molecule has 3 aromatic rings. The number of halogens is 1. The fourth-order valence-corrected chi connectivity index (χ4v) is 3.30. The molecule has 0 radical (unpaired) electrons. The highest BCUT2D eigenvalue weighted by molar-refractivity contribution is 7.80. The van der Waals surface area contributed by atoms with E-state index in [-0.39, 0.29) is 0 Å². The molecule has 3 aromatic carbocycles. The van der Waals surface area contributed by atoms with Crippen LogP contribution >= 0.6 is 23.8 Å². The number of thiocarbonyl (C=S) groups is 1. The summed E-state index contributed by atoms with van der Waals surface area (Å²) >= 11 is 11.7. The SMILES string of the molecule is COc1ccc(CN(Cc2ccccc2OC)C(=S)Nc2ccc(Cl)cc2)cc1. The van der Waals surface area contributed by atoms with Gasteiger partial charge < -0.3 is 19.7 Å². The van der Waals surface area contributed by atoms with E-state index in [1.807, 2.05) is 72.8 Å². The van der Waals surface area contributed by atoms with Gasteiger partial charge in [-0.2, -0.15) is 0 Å². The van der Waals surface area contributed by atoms with Crippen LogP contribution in [0.15, 0.2) is 72.8 Å². The molecule has 0 amide bonds. The Morgan fingerprint density at radius 3 is 2.24 bits per heavy atom. The predicted octanol–water partition coefficient (Wildman–Crippen LogP) is 5.76. The minimum absolute atomic E-state index is 0.607. The molecule has 0 atom stereocenters. The van der Waals surface area contributed by atoms with E-state index in [4.69, 9.17) is 33.3 Å². The van der Waals surface area contributed by atoms with Crippen LogP contribution in [0.3, 0.4) is 0 Å². The van der Waals surface area contributed by atoms with Gasteiger partial charge in [-0.15, -0.1) is 0 Å². The third kappa shape index (κ3) is 5.86. The van der Waals surface area contributed by atoms with Crippen molar-refractivity contribution in [1.82, 2.24) is 4.90 Å². The molecule has 0 aromatic heterocycles. The van der Waals surface area contributed by atoms with Crippen LogP contribution in [-0.4, -0.2) is 24.2 Å². The molecule has 29 heavy (non-hydrogen) atoms. The van der Waals surface area contributed by atoms with E-state index in [2.05, 4.69) is 10.2 Å². The second-order valence-electron chi connectivity index (χ2n) is 6.45. The third-order valence-corrected chi connectivity index (χ3v) is 5.08. The molecule has 0 heterocycles. The van der Waals surface area contributed by atoms with Crippen LogP contribution in [-0.2, 0) is 13.1 Å². The Labute approximate surface area is 182 Å². The van der Waals surface area contributed by atoms with E-state index >= 15 is 0 Å². The van der Waals surface area contributed by atoms with Crippen molar-refractivity contribution in [3.63, 3.8) is 0 Å². The number of para-hydroxylation sites is 1. The van der Waals surface area contributed by atoms with E-state index < -0.39 is 0 Å². The molecular weight excluding hydrogens is 404 g/mol. The van der Waals surface area contributed by atoms with Crippen molar-refractivity contribution >= 4 is 34.6 Å². The zero-order valence-electron chi connectivity index (χ0n) is 16.4. The summed E-state index contributed by atoms with van der Waals surface area (Å²) < 4.78 is 10.8. The standard InChI is InChI=1S/C23H23ClN2O2S/c1-27-21-13-7-17(8-14-21)15-26(16-18-5-3-4-6-22(18)28-2)23(29)25-20-11-9-19(24)10-12-20/h3-14H,15-16H2,1-2H3,(H,25,29). The van der Waals surface area contributed by atoms with Crippen molar-refractivity contribution in [2.45, 2.75) is 13.1 Å². The molecule has 4 nitrogen and oxygen atoms in total. The number of nitrogens with one attached hydrogen (secondary N) is 1. The van der Waals surface area contributed by atoms with Gasteiger partial charge in [-0.3, -0.25) is 0 Å². The van der Waals surface area contributed by atoms with E-state index in [1.54, 1.807) is 14.2 Å². The highest BCUT2D eigenvalue weighted by atomic mass is 35.5. The lowest BCUT2D eigenvalue weighted by Crippen LogP contribution is -2.34. The molecule has 0 saturated carbocycles. The van der Waals surface area contributed by atoms with Crippen molar-refractivity contribution in [1.29, 1.82) is 0 Å². The van der Waals surface area contributed by atoms with E-state index in [9.17, 15) is 0 Å². The average molecular weight is 427 g/mol. The van der Waals surface area contributed by atoms with Crippen molar-refractivity contribution in [3.05, 3.63) is 88.9 Å². The maximum absolute atomic E-state index is 5.99. The Balaban J connectivity index is 1.82. The van der Waals surface area contributed by atoms with Gasteiger partial charge in [-0.05, 0) is 60.2 Å². The number of nitrogens with zero attached hydrogens (tertiary/aromatic N) is 1. The third-order valence-electron chi connectivity index (χ3n) is 4.47. The maximum atomic E-state index is 5.99. The summed E-state index contributed by atoms with van der Waals surface area (Å²) in [6.45, 7) is 1.25. The number of methoxy groups -OCH3 is 2. The molecule has 0 saturated heterocycles. The van der Waals surface area contributed by atoms with Crippen molar-refractivity contribution in [2.75, 3.05) is 19.5 Å². The maximum Gasteiger partial charge on any atom is 0.174 e. The molecule has 0 unspecified atom stereocenters. The lowest BCUT2D eigenvalue weighted by atomic mass is 10.1. The van der Waals surface area contributed by atoms with Crippen LogP contribution in [0.2, 0.25) is 5.02 Å². The molecular formula is C23H23ClN2O2S. The zero-order chi connectivity index (χ0) is 20.6. The second kappa shape index (κ2) is 10.1. The second-order valence-corrected chi connectivity index (χ2v) is 7.28. The molecule has 3 rings (SSSR count). The van der Waals surface area contributed by atoms with Crippen molar-refractivity contribution < 1.29 is 9.47 Å². The molecule has 1 N–H and O–H groups in total. The van der Waals surface area contributed by atoms with Gasteiger partial charge in [0.1, 0.15) is 11.5 Å². The Morgan fingerprint density at radius 2 is 1.59 bits per heavy atom. The van der Waals surface area contributed by atoms with Crippen molar-refractivity contribution in [3.8, 4) is 11.5 Å². The lowest BCUT2D eigenvalue weighted by molar-refractivity contribution is 0.378. The Hall–Kier alpha value is -2.76. The number of anilines is 1. The summed E-state index contributed by atoms with van der Waals surface area (Å²) in [6, 6.07) is 23.4. The molecule has 6 heteroatoms. The summed E-state index contributed by atoms with van der Waals surface area (Å²) in [5.74, 6) is 1.66. The lowest BCUT2D eigenvalue weighted by Gasteiger charge is -2.27. The van der Waals surface area contributed by atoms with E-state index in [1.165, 1.54) is 0 Å². The van der Waals surface area contributed by atoms with Crippen LogP contribution in [0.4, 0.5) is 5.69 Å². The van der Waals surface area contributed by atoms with Crippen LogP contribution in [0.1, 0.15) is 11.1 Å². The van der Waals surface area contributed by atoms with Crippen molar-refractivity contribution in [2.24, 2.45) is 0 Å². The monoisotopic (exact) mass is 426 g/mol. The number of benzene rings is 3. The number of ether oxygens (including phenoxy) is 2. The fourth-order valence-electron chi connectivity index (χ4n) is 2.93. The first-order chi connectivity index (χ1) is 14.1. The smallest absolute Gasteiger partial charge is 0.174 e. The fraction of sp³-hybridized carbons (Fsp3) is 0.174. The van der Waals surface area contributed by atoms with E-state index in [0.717, 1.165) is 28.3 Å². The van der Waals surface area contributed by atoms with Crippen LogP contribution in [0.5, 0.6) is 11.5 Å². The largest absolute Gasteiger partial charge is 0.497 e. The van der Waals surface area contributed by atoms with Gasteiger partial charge in [0.05, 0.1) is 14.2 Å².